The standard InChI is InChI=1S/C16H23NO/c1-11-12(2)15(18-3)5-4-14(11)13-6-7-16(8-13)9-17-10-16/h4-5,13,17H,6-10H2,1-3H3. The Morgan fingerprint density at radius 1 is 1.22 bits per heavy atom. The van der Waals surface area contributed by atoms with E-state index in [9.17, 15) is 0 Å². The maximum atomic E-state index is 5.41. The molecule has 2 heteroatoms. The number of hydrogen-bond donors (Lipinski definition) is 1. The van der Waals surface area contributed by atoms with Crippen LogP contribution in [0, 0.1) is 19.3 Å². The summed E-state index contributed by atoms with van der Waals surface area (Å²) in [6, 6.07) is 4.43. The van der Waals surface area contributed by atoms with Crippen LogP contribution in [0.1, 0.15) is 41.9 Å². The molecule has 0 radical (unpaired) electrons. The highest BCUT2D eigenvalue weighted by Gasteiger charge is 2.44. The number of nitrogens with one attached hydrogen (secondary N) is 1. The molecule has 1 N–H and O–H groups in total. The lowest BCUT2D eigenvalue weighted by molar-refractivity contribution is 0.175. The summed E-state index contributed by atoms with van der Waals surface area (Å²) < 4.78 is 5.41. The van der Waals surface area contributed by atoms with Gasteiger partial charge in [0.1, 0.15) is 5.75 Å². The Labute approximate surface area is 110 Å². The van der Waals surface area contributed by atoms with Crippen LogP contribution < -0.4 is 10.1 Å². The largest absolute Gasteiger partial charge is 0.496 e. The first-order chi connectivity index (χ1) is 8.65. The summed E-state index contributed by atoms with van der Waals surface area (Å²) in [7, 11) is 1.76. The minimum atomic E-state index is 0.630. The van der Waals surface area contributed by atoms with Gasteiger partial charge < -0.3 is 10.1 Å². The molecular formula is C16H23NO. The maximum Gasteiger partial charge on any atom is 0.122 e. The van der Waals surface area contributed by atoms with Gasteiger partial charge in [0.05, 0.1) is 7.11 Å². The van der Waals surface area contributed by atoms with Crippen LogP contribution in [0.4, 0.5) is 0 Å². The summed E-state index contributed by atoms with van der Waals surface area (Å²) >= 11 is 0. The van der Waals surface area contributed by atoms with E-state index in [-0.39, 0.29) is 0 Å². The van der Waals surface area contributed by atoms with Gasteiger partial charge >= 0.3 is 0 Å². The van der Waals surface area contributed by atoms with Crippen LogP contribution in [0.25, 0.3) is 0 Å². The lowest BCUT2D eigenvalue weighted by Crippen LogP contribution is -2.51. The van der Waals surface area contributed by atoms with Gasteiger partial charge in [0, 0.05) is 13.1 Å². The quantitative estimate of drug-likeness (QED) is 0.864. The molecule has 2 fully saturated rings. The lowest BCUT2D eigenvalue weighted by Gasteiger charge is -2.39. The molecule has 1 aromatic carbocycles. The summed E-state index contributed by atoms with van der Waals surface area (Å²) in [4.78, 5) is 0. The van der Waals surface area contributed by atoms with Crippen molar-refractivity contribution in [2.45, 2.75) is 39.0 Å². The molecule has 3 rings (SSSR count). The monoisotopic (exact) mass is 245 g/mol. The van der Waals surface area contributed by atoms with Crippen molar-refractivity contribution in [3.05, 3.63) is 28.8 Å². The van der Waals surface area contributed by atoms with Crippen LogP contribution in [0.3, 0.4) is 0 Å². The van der Waals surface area contributed by atoms with Crippen LogP contribution in [0.2, 0.25) is 0 Å². The van der Waals surface area contributed by atoms with Crippen LogP contribution in [0.15, 0.2) is 12.1 Å². The molecule has 1 atom stereocenters. The summed E-state index contributed by atoms with van der Waals surface area (Å²) in [5.74, 6) is 1.78. The van der Waals surface area contributed by atoms with Crippen molar-refractivity contribution >= 4 is 0 Å². The molecule has 2 nitrogen and oxygen atoms in total. The SMILES string of the molecule is COc1ccc(C2CCC3(CNC3)C2)c(C)c1C. The van der Waals surface area contributed by atoms with E-state index in [1.165, 1.54) is 43.5 Å². The smallest absolute Gasteiger partial charge is 0.122 e. The third kappa shape index (κ3) is 1.74. The first-order valence-corrected chi connectivity index (χ1v) is 7.00. The van der Waals surface area contributed by atoms with Crippen LogP contribution in [0.5, 0.6) is 5.75 Å². The molecule has 1 saturated carbocycles. The molecule has 1 heterocycles. The van der Waals surface area contributed by atoms with E-state index in [4.69, 9.17) is 4.74 Å². The minimum Gasteiger partial charge on any atom is -0.496 e. The van der Waals surface area contributed by atoms with E-state index in [0.29, 0.717) is 5.41 Å². The van der Waals surface area contributed by atoms with Gasteiger partial charge in [-0.1, -0.05) is 6.07 Å². The zero-order valence-electron chi connectivity index (χ0n) is 11.7. The fourth-order valence-corrected chi connectivity index (χ4v) is 3.75. The minimum absolute atomic E-state index is 0.630. The zero-order chi connectivity index (χ0) is 12.8. The topological polar surface area (TPSA) is 21.3 Å². The molecule has 18 heavy (non-hydrogen) atoms. The fourth-order valence-electron chi connectivity index (χ4n) is 3.75. The normalized spacial score (nSPS) is 25.2. The van der Waals surface area contributed by atoms with E-state index < -0.39 is 0 Å². The third-order valence-electron chi connectivity index (χ3n) is 5.14. The molecular weight excluding hydrogens is 222 g/mol. The zero-order valence-corrected chi connectivity index (χ0v) is 11.7. The van der Waals surface area contributed by atoms with Gasteiger partial charge in [0.25, 0.3) is 0 Å². The van der Waals surface area contributed by atoms with Gasteiger partial charge in [-0.2, -0.15) is 0 Å². The third-order valence-corrected chi connectivity index (χ3v) is 5.14. The van der Waals surface area contributed by atoms with Gasteiger partial charge in [0.2, 0.25) is 0 Å². The van der Waals surface area contributed by atoms with E-state index >= 15 is 0 Å². The Hall–Kier alpha value is -1.02. The van der Waals surface area contributed by atoms with Gasteiger partial charge in [-0.25, -0.2) is 0 Å². The van der Waals surface area contributed by atoms with Crippen LogP contribution in [-0.2, 0) is 0 Å². The van der Waals surface area contributed by atoms with Crippen LogP contribution in [-0.4, -0.2) is 20.2 Å². The average Bonchev–Trinajstić information content (AvgIpc) is 2.77. The van der Waals surface area contributed by atoms with E-state index in [2.05, 4.69) is 31.3 Å². The molecule has 1 aliphatic carbocycles. The van der Waals surface area contributed by atoms with Crippen molar-refractivity contribution in [2.75, 3.05) is 20.2 Å². The van der Waals surface area contributed by atoms with Crippen molar-refractivity contribution in [1.29, 1.82) is 0 Å². The van der Waals surface area contributed by atoms with Gasteiger partial charge in [0.15, 0.2) is 0 Å². The first kappa shape index (κ1) is 12.0. The first-order valence-electron chi connectivity index (χ1n) is 7.00. The van der Waals surface area contributed by atoms with E-state index in [1.807, 2.05) is 0 Å². The number of ether oxygens (including phenoxy) is 1. The van der Waals surface area contributed by atoms with Crippen molar-refractivity contribution < 1.29 is 4.74 Å². The molecule has 1 aromatic rings. The lowest BCUT2D eigenvalue weighted by atomic mass is 9.78. The number of methoxy groups -OCH3 is 1. The summed E-state index contributed by atoms with van der Waals surface area (Å²) in [5.41, 5.74) is 4.92. The average molecular weight is 245 g/mol. The highest BCUT2D eigenvalue weighted by atomic mass is 16.5. The molecule has 2 aliphatic rings. The second-order valence-electron chi connectivity index (χ2n) is 6.15. The molecule has 1 aliphatic heterocycles. The number of rotatable bonds is 2. The second kappa shape index (κ2) is 4.27. The molecule has 98 valence electrons. The Balaban J connectivity index is 1.87. The van der Waals surface area contributed by atoms with Crippen molar-refractivity contribution in [1.82, 2.24) is 5.32 Å². The summed E-state index contributed by atoms with van der Waals surface area (Å²) in [5, 5.41) is 3.44. The maximum absolute atomic E-state index is 5.41. The summed E-state index contributed by atoms with van der Waals surface area (Å²) in [6.45, 7) is 6.89. The highest BCUT2D eigenvalue weighted by Crippen LogP contribution is 2.49. The molecule has 0 aromatic heterocycles. The van der Waals surface area contributed by atoms with Crippen molar-refractivity contribution in [2.24, 2.45) is 5.41 Å². The Bertz CT molecular complexity index is 462. The van der Waals surface area contributed by atoms with Gasteiger partial charge in [-0.15, -0.1) is 0 Å². The summed E-state index contributed by atoms with van der Waals surface area (Å²) in [6.07, 6.45) is 4.12. The number of benzene rings is 1. The predicted octanol–water partition coefficient (Wildman–Crippen LogP) is 3.17. The Morgan fingerprint density at radius 2 is 2.00 bits per heavy atom. The molecule has 1 unspecified atom stereocenters. The van der Waals surface area contributed by atoms with Crippen molar-refractivity contribution in [3.8, 4) is 5.75 Å². The Morgan fingerprint density at radius 3 is 2.56 bits per heavy atom. The second-order valence-corrected chi connectivity index (χ2v) is 6.15. The predicted molar refractivity (Wildman–Crippen MR) is 74.4 cm³/mol. The van der Waals surface area contributed by atoms with Gasteiger partial charge in [-0.05, 0) is 67.2 Å². The van der Waals surface area contributed by atoms with Crippen LogP contribution >= 0.6 is 0 Å². The molecule has 0 bridgehead atoms. The Kier molecular flexibility index (Phi) is 2.86. The van der Waals surface area contributed by atoms with Crippen molar-refractivity contribution in [3.63, 3.8) is 0 Å². The highest BCUT2D eigenvalue weighted by molar-refractivity contribution is 5.45. The van der Waals surface area contributed by atoms with E-state index in [0.717, 1.165) is 11.7 Å². The van der Waals surface area contributed by atoms with E-state index in [1.54, 1.807) is 12.7 Å². The fraction of sp³-hybridized carbons (Fsp3) is 0.625. The molecule has 1 spiro atoms. The molecule has 0 amide bonds. The van der Waals surface area contributed by atoms with Gasteiger partial charge in [-0.3, -0.25) is 0 Å². The number of hydrogen-bond acceptors (Lipinski definition) is 2. The molecule has 1 saturated heterocycles.